The zero-order chi connectivity index (χ0) is 30.7. The van der Waals surface area contributed by atoms with Crippen LogP contribution in [0.2, 0.25) is 0 Å². The standard InChI is InChI=1S/C33H39N4O5P.ClH/c1-36-24-30(23-34-36)43(28-13-7-5-8-14-28,29-15-9-6-10-16-29)22-12-4-2-3-11-17-32(39)35-31(25-38)33(40)26-18-20-27(21-19-26)37(41)42;/h5-10,13-16,18-21,23-24,31,33,38,40H,2-4,11-12,17,22,25H2,1H3;1H/t31-,33-;/m1./s1. The minimum Gasteiger partial charge on any atom is -1.00 e. The number of aromatic nitrogens is 2. The van der Waals surface area contributed by atoms with Gasteiger partial charge in [0, 0.05) is 25.6 Å². The molecule has 0 aliphatic carbocycles. The summed E-state index contributed by atoms with van der Waals surface area (Å²) in [5.74, 6) is -0.241. The van der Waals surface area contributed by atoms with E-state index in [2.05, 4.69) is 77.3 Å². The molecule has 1 heterocycles. The van der Waals surface area contributed by atoms with Crippen molar-refractivity contribution in [3.63, 3.8) is 0 Å². The zero-order valence-electron chi connectivity index (χ0n) is 24.8. The van der Waals surface area contributed by atoms with Crippen LogP contribution in [0.3, 0.4) is 0 Å². The van der Waals surface area contributed by atoms with Crippen LogP contribution in [0.4, 0.5) is 5.69 Å². The number of aliphatic hydroxyl groups is 2. The fourth-order valence-corrected chi connectivity index (χ4v) is 9.84. The fourth-order valence-electron chi connectivity index (χ4n) is 5.50. The van der Waals surface area contributed by atoms with E-state index < -0.39 is 30.9 Å². The summed E-state index contributed by atoms with van der Waals surface area (Å²) >= 11 is 0. The molecule has 0 radical (unpaired) electrons. The molecular weight excluding hydrogens is 599 g/mol. The number of halogens is 1. The summed E-state index contributed by atoms with van der Waals surface area (Å²) in [7, 11) is 0.0677. The quantitative estimate of drug-likeness (QED) is 0.0732. The molecule has 0 aliphatic rings. The number of amides is 1. The van der Waals surface area contributed by atoms with Gasteiger partial charge >= 0.3 is 0 Å². The molecule has 11 heteroatoms. The number of carbonyl (C=O) groups is 1. The largest absolute Gasteiger partial charge is 1.00 e. The maximum Gasteiger partial charge on any atom is 0.269 e. The van der Waals surface area contributed by atoms with Gasteiger partial charge in [0.2, 0.25) is 5.91 Å². The number of nitrogens with one attached hydrogen (secondary N) is 1. The molecule has 0 spiro atoms. The van der Waals surface area contributed by atoms with Crippen LogP contribution in [0.25, 0.3) is 0 Å². The van der Waals surface area contributed by atoms with Gasteiger partial charge < -0.3 is 27.9 Å². The zero-order valence-corrected chi connectivity index (χ0v) is 26.5. The molecule has 0 aliphatic heterocycles. The number of hydrogen-bond donors (Lipinski definition) is 3. The van der Waals surface area contributed by atoms with Crippen LogP contribution in [-0.2, 0) is 11.8 Å². The minimum absolute atomic E-state index is 0. The first-order chi connectivity index (χ1) is 20.8. The molecule has 3 aromatic carbocycles. The van der Waals surface area contributed by atoms with Gasteiger partial charge in [-0.2, -0.15) is 5.10 Å². The highest BCUT2D eigenvalue weighted by molar-refractivity contribution is 7.95. The Morgan fingerprint density at radius 3 is 2.00 bits per heavy atom. The van der Waals surface area contributed by atoms with Crippen LogP contribution in [0.5, 0.6) is 0 Å². The number of non-ortho nitro benzene ring substituents is 1. The molecule has 4 aromatic rings. The van der Waals surface area contributed by atoms with Crippen LogP contribution in [-0.4, -0.2) is 49.6 Å². The molecule has 9 nitrogen and oxygen atoms in total. The van der Waals surface area contributed by atoms with E-state index in [1.807, 2.05) is 17.9 Å². The molecule has 4 rings (SSSR count). The predicted molar refractivity (Wildman–Crippen MR) is 172 cm³/mol. The monoisotopic (exact) mass is 638 g/mol. The lowest BCUT2D eigenvalue weighted by Crippen LogP contribution is -3.00. The first-order valence-electron chi connectivity index (χ1n) is 14.7. The average Bonchev–Trinajstić information content (AvgIpc) is 3.48. The van der Waals surface area contributed by atoms with Crippen LogP contribution < -0.4 is 33.6 Å². The van der Waals surface area contributed by atoms with E-state index in [0.717, 1.165) is 31.8 Å². The van der Waals surface area contributed by atoms with Gasteiger partial charge in [-0.3, -0.25) is 19.6 Å². The van der Waals surface area contributed by atoms with E-state index in [-0.39, 0.29) is 24.0 Å². The number of carbonyl (C=O) groups excluding carboxylic acids is 1. The number of hydrogen-bond acceptors (Lipinski definition) is 6. The van der Waals surface area contributed by atoms with E-state index in [9.17, 15) is 25.1 Å². The molecule has 1 aromatic heterocycles. The number of nitro groups is 1. The Balaban J connectivity index is 0.00000529. The number of rotatable bonds is 16. The maximum absolute atomic E-state index is 12.6. The summed E-state index contributed by atoms with van der Waals surface area (Å²) in [6, 6.07) is 26.1. The van der Waals surface area contributed by atoms with Gasteiger partial charge in [-0.05, 0) is 61.2 Å². The number of aryl methyl sites for hydroxylation is 1. The van der Waals surface area contributed by atoms with Gasteiger partial charge in [0.25, 0.3) is 5.69 Å². The molecule has 2 atom stereocenters. The van der Waals surface area contributed by atoms with Crippen molar-refractivity contribution in [1.29, 1.82) is 0 Å². The van der Waals surface area contributed by atoms with Crippen molar-refractivity contribution in [2.45, 2.75) is 50.7 Å². The van der Waals surface area contributed by atoms with E-state index in [1.165, 1.54) is 40.2 Å². The van der Waals surface area contributed by atoms with Crippen molar-refractivity contribution in [2.75, 3.05) is 12.8 Å². The number of aliphatic hydroxyl groups excluding tert-OH is 2. The number of benzene rings is 3. The van der Waals surface area contributed by atoms with Gasteiger partial charge in [-0.25, -0.2) is 0 Å². The van der Waals surface area contributed by atoms with Gasteiger partial charge in [0.15, 0.2) is 0 Å². The molecule has 0 fully saturated rings. The van der Waals surface area contributed by atoms with Crippen molar-refractivity contribution >= 4 is 34.8 Å². The molecular formula is C33H40ClN4O5P. The van der Waals surface area contributed by atoms with E-state index in [1.54, 1.807) is 0 Å². The average molecular weight is 639 g/mol. The first kappa shape index (κ1) is 34.9. The number of unbranched alkanes of at least 4 members (excludes halogenated alkanes) is 4. The normalized spacial score (nSPS) is 12.6. The molecule has 44 heavy (non-hydrogen) atoms. The van der Waals surface area contributed by atoms with Crippen molar-refractivity contribution in [2.24, 2.45) is 7.05 Å². The van der Waals surface area contributed by atoms with Crippen molar-refractivity contribution in [3.05, 3.63) is 113 Å². The lowest BCUT2D eigenvalue weighted by atomic mass is 10.0. The fraction of sp³-hybridized carbons (Fsp3) is 0.333. The summed E-state index contributed by atoms with van der Waals surface area (Å²) in [5, 5.41) is 42.4. The van der Waals surface area contributed by atoms with Crippen LogP contribution in [0.15, 0.2) is 97.3 Å². The van der Waals surface area contributed by atoms with Crippen LogP contribution >= 0.6 is 7.26 Å². The topological polar surface area (TPSA) is 131 Å². The summed E-state index contributed by atoms with van der Waals surface area (Å²) in [6.45, 7) is -0.450. The molecule has 0 unspecified atom stereocenters. The highest BCUT2D eigenvalue weighted by Crippen LogP contribution is 2.55. The third-order valence-corrected chi connectivity index (χ3v) is 12.3. The van der Waals surface area contributed by atoms with Gasteiger partial charge in [-0.1, -0.05) is 49.2 Å². The van der Waals surface area contributed by atoms with Gasteiger partial charge in [0.05, 0.1) is 36.1 Å². The third kappa shape index (κ3) is 8.73. The van der Waals surface area contributed by atoms with Crippen molar-refractivity contribution < 1.29 is 32.3 Å². The molecule has 0 saturated carbocycles. The maximum atomic E-state index is 12.6. The third-order valence-electron chi connectivity index (χ3n) is 7.79. The first-order valence-corrected chi connectivity index (χ1v) is 16.6. The Labute approximate surface area is 265 Å². The SMILES string of the molecule is Cn1cc([P+](CCCCCCCC(=O)N[C@H](CO)[C@H](O)c2ccc([N+](=O)[O-])cc2)(c2ccccc2)c2ccccc2)cn1.[Cl-]. The molecule has 0 saturated heterocycles. The Kier molecular flexibility index (Phi) is 13.5. The molecule has 0 bridgehead atoms. The second kappa shape index (κ2) is 17.0. The van der Waals surface area contributed by atoms with Gasteiger partial charge in [-0.15, -0.1) is 0 Å². The number of nitrogens with zero attached hydrogens (tertiary/aromatic N) is 3. The van der Waals surface area contributed by atoms with Crippen molar-refractivity contribution in [3.8, 4) is 0 Å². The summed E-state index contributed by atoms with van der Waals surface area (Å²) in [6.07, 6.45) is 9.03. The van der Waals surface area contributed by atoms with Crippen molar-refractivity contribution in [1.82, 2.24) is 15.1 Å². The van der Waals surface area contributed by atoms with E-state index in [0.29, 0.717) is 18.4 Å². The Hall–Kier alpha value is -3.62. The van der Waals surface area contributed by atoms with Crippen LogP contribution in [0, 0.1) is 10.1 Å². The molecule has 234 valence electrons. The lowest BCUT2D eigenvalue weighted by molar-refractivity contribution is -0.384. The highest BCUT2D eigenvalue weighted by atomic mass is 35.5. The minimum atomic E-state index is -1.89. The smallest absolute Gasteiger partial charge is 0.269 e. The summed E-state index contributed by atoms with van der Waals surface area (Å²) in [4.78, 5) is 22.9. The van der Waals surface area contributed by atoms with Crippen LogP contribution in [0.1, 0.15) is 50.2 Å². The van der Waals surface area contributed by atoms with E-state index >= 15 is 0 Å². The van der Waals surface area contributed by atoms with Gasteiger partial charge in [0.1, 0.15) is 29.3 Å². The number of nitro benzene ring substituents is 1. The Morgan fingerprint density at radius 2 is 1.48 bits per heavy atom. The second-order valence-corrected chi connectivity index (χ2v) is 14.4. The Bertz CT molecular complexity index is 1410. The molecule has 1 amide bonds. The predicted octanol–water partition coefficient (Wildman–Crippen LogP) is 1.18. The van der Waals surface area contributed by atoms with E-state index in [4.69, 9.17) is 0 Å². The summed E-state index contributed by atoms with van der Waals surface area (Å²) < 4.78 is 1.88. The highest BCUT2D eigenvalue weighted by Gasteiger charge is 2.45. The lowest BCUT2D eigenvalue weighted by Gasteiger charge is -2.26. The second-order valence-electron chi connectivity index (χ2n) is 10.7. The summed E-state index contributed by atoms with van der Waals surface area (Å²) in [5.41, 5.74) is 0.298. The molecule has 3 N–H and O–H groups in total. The Morgan fingerprint density at radius 1 is 0.909 bits per heavy atom.